The van der Waals surface area contributed by atoms with E-state index in [-0.39, 0.29) is 0 Å². The lowest BCUT2D eigenvalue weighted by Crippen LogP contribution is -2.46. The molecule has 1 aliphatic rings. The molecule has 2 aromatic carbocycles. The Morgan fingerprint density at radius 2 is 1.50 bits per heavy atom. The van der Waals surface area contributed by atoms with Crippen molar-refractivity contribution in [3.8, 4) is 0 Å². The summed E-state index contributed by atoms with van der Waals surface area (Å²) in [5.74, 6) is 0. The Hall–Kier alpha value is -1.51. The van der Waals surface area contributed by atoms with E-state index in [9.17, 15) is 0 Å². The van der Waals surface area contributed by atoms with Crippen LogP contribution in [0.2, 0.25) is 5.02 Å². The van der Waals surface area contributed by atoms with Crippen molar-refractivity contribution in [3.63, 3.8) is 0 Å². The number of anilines is 1. The highest BCUT2D eigenvalue weighted by Gasteiger charge is 2.18. The van der Waals surface area contributed by atoms with Crippen LogP contribution in [0.3, 0.4) is 0 Å². The fraction of sp³-hybridized carbons (Fsp3) is 0.368. The molecule has 0 atom stereocenters. The average Bonchev–Trinajstić information content (AvgIpc) is 2.57. The number of rotatable bonds is 4. The van der Waals surface area contributed by atoms with E-state index < -0.39 is 0 Å². The van der Waals surface area contributed by atoms with E-state index in [4.69, 9.17) is 11.6 Å². The van der Waals surface area contributed by atoms with Gasteiger partial charge in [-0.3, -0.25) is 4.90 Å². The molecule has 0 saturated carbocycles. The summed E-state index contributed by atoms with van der Waals surface area (Å²) in [7, 11) is 0. The van der Waals surface area contributed by atoms with Gasteiger partial charge in [0.25, 0.3) is 0 Å². The molecule has 0 unspecified atom stereocenters. The van der Waals surface area contributed by atoms with Crippen molar-refractivity contribution in [2.75, 3.05) is 31.1 Å². The summed E-state index contributed by atoms with van der Waals surface area (Å²) < 4.78 is 0. The van der Waals surface area contributed by atoms with Crippen molar-refractivity contribution in [1.29, 1.82) is 0 Å². The van der Waals surface area contributed by atoms with Gasteiger partial charge in [0.1, 0.15) is 0 Å². The second kappa shape index (κ2) is 7.17. The van der Waals surface area contributed by atoms with Gasteiger partial charge < -0.3 is 4.90 Å². The highest BCUT2D eigenvalue weighted by molar-refractivity contribution is 6.33. The maximum atomic E-state index is 6.30. The van der Waals surface area contributed by atoms with Crippen LogP contribution in [-0.4, -0.2) is 31.1 Å². The molecule has 0 radical (unpaired) electrons. The zero-order chi connectivity index (χ0) is 15.4. The van der Waals surface area contributed by atoms with Crippen LogP contribution in [-0.2, 0) is 13.0 Å². The van der Waals surface area contributed by atoms with Crippen molar-refractivity contribution in [3.05, 3.63) is 64.7 Å². The maximum absolute atomic E-state index is 6.30. The van der Waals surface area contributed by atoms with Crippen LogP contribution in [0.1, 0.15) is 18.1 Å². The largest absolute Gasteiger partial charge is 0.368 e. The molecule has 0 aromatic heterocycles. The molecule has 0 bridgehead atoms. The van der Waals surface area contributed by atoms with Crippen LogP contribution < -0.4 is 4.90 Å². The summed E-state index contributed by atoms with van der Waals surface area (Å²) in [6, 6.07) is 17.1. The summed E-state index contributed by atoms with van der Waals surface area (Å²) in [6.45, 7) is 7.48. The number of para-hydroxylation sites is 1. The standard InChI is InChI=1S/C19H23ClN2/c1-2-16-7-9-17(10-8-16)15-21-11-13-22(14-12-21)19-6-4-3-5-18(19)20/h3-10H,2,11-15H2,1H3. The number of piperazine rings is 1. The van der Waals surface area contributed by atoms with Gasteiger partial charge in [-0.1, -0.05) is 54.9 Å². The molecule has 3 rings (SSSR count). The lowest BCUT2D eigenvalue weighted by Gasteiger charge is -2.36. The lowest BCUT2D eigenvalue weighted by molar-refractivity contribution is 0.250. The quantitative estimate of drug-likeness (QED) is 0.833. The molecule has 116 valence electrons. The highest BCUT2D eigenvalue weighted by Crippen LogP contribution is 2.26. The molecule has 1 fully saturated rings. The summed E-state index contributed by atoms with van der Waals surface area (Å²) >= 11 is 6.30. The summed E-state index contributed by atoms with van der Waals surface area (Å²) in [5, 5.41) is 0.853. The van der Waals surface area contributed by atoms with E-state index in [1.54, 1.807) is 0 Å². The fourth-order valence-corrected chi connectivity index (χ4v) is 3.25. The van der Waals surface area contributed by atoms with Crippen LogP contribution in [0, 0.1) is 0 Å². The third-order valence-corrected chi connectivity index (χ3v) is 4.72. The second-order valence-electron chi connectivity index (χ2n) is 5.88. The molecule has 2 aromatic rings. The zero-order valence-electron chi connectivity index (χ0n) is 13.1. The Kier molecular flexibility index (Phi) is 5.01. The first kappa shape index (κ1) is 15.4. The predicted molar refractivity (Wildman–Crippen MR) is 94.8 cm³/mol. The summed E-state index contributed by atoms with van der Waals surface area (Å²) in [5.41, 5.74) is 3.98. The SMILES string of the molecule is CCc1ccc(CN2CCN(c3ccccc3Cl)CC2)cc1. The van der Waals surface area contributed by atoms with Gasteiger partial charge in [0.15, 0.2) is 0 Å². The van der Waals surface area contributed by atoms with Gasteiger partial charge in [0.05, 0.1) is 10.7 Å². The normalized spacial score (nSPS) is 16.0. The number of benzene rings is 2. The molecule has 2 nitrogen and oxygen atoms in total. The maximum Gasteiger partial charge on any atom is 0.0639 e. The topological polar surface area (TPSA) is 6.48 Å². The van der Waals surface area contributed by atoms with E-state index in [0.717, 1.165) is 49.9 Å². The molecule has 0 N–H and O–H groups in total. The van der Waals surface area contributed by atoms with Gasteiger partial charge in [0.2, 0.25) is 0 Å². The molecule has 1 heterocycles. The van der Waals surface area contributed by atoms with Gasteiger partial charge in [-0.25, -0.2) is 0 Å². The van der Waals surface area contributed by atoms with Crippen LogP contribution in [0.4, 0.5) is 5.69 Å². The van der Waals surface area contributed by atoms with Crippen LogP contribution >= 0.6 is 11.6 Å². The number of hydrogen-bond acceptors (Lipinski definition) is 2. The second-order valence-corrected chi connectivity index (χ2v) is 6.29. The minimum Gasteiger partial charge on any atom is -0.368 e. The molecule has 0 spiro atoms. The van der Waals surface area contributed by atoms with E-state index in [1.165, 1.54) is 11.1 Å². The molecule has 1 saturated heterocycles. The van der Waals surface area contributed by atoms with E-state index in [1.807, 2.05) is 12.1 Å². The molecule has 0 aliphatic carbocycles. The fourth-order valence-electron chi connectivity index (χ4n) is 2.99. The Labute approximate surface area is 138 Å². The first-order valence-electron chi connectivity index (χ1n) is 8.06. The lowest BCUT2D eigenvalue weighted by atomic mass is 10.1. The third kappa shape index (κ3) is 3.63. The molecular weight excluding hydrogens is 292 g/mol. The first-order chi connectivity index (χ1) is 10.8. The Morgan fingerprint density at radius 1 is 0.864 bits per heavy atom. The van der Waals surface area contributed by atoms with Crippen molar-refractivity contribution in [2.24, 2.45) is 0 Å². The van der Waals surface area contributed by atoms with Crippen molar-refractivity contribution in [2.45, 2.75) is 19.9 Å². The third-order valence-electron chi connectivity index (χ3n) is 4.40. The van der Waals surface area contributed by atoms with Crippen LogP contribution in [0.25, 0.3) is 0 Å². The Morgan fingerprint density at radius 3 is 2.14 bits per heavy atom. The van der Waals surface area contributed by atoms with Crippen LogP contribution in [0.5, 0.6) is 0 Å². The monoisotopic (exact) mass is 314 g/mol. The highest BCUT2D eigenvalue weighted by atomic mass is 35.5. The number of aryl methyl sites for hydroxylation is 1. The Balaban J connectivity index is 1.56. The predicted octanol–water partition coefficient (Wildman–Crippen LogP) is 4.22. The Bertz CT molecular complexity index is 601. The van der Waals surface area contributed by atoms with Gasteiger partial charge in [-0.05, 0) is 29.7 Å². The van der Waals surface area contributed by atoms with Gasteiger partial charge in [-0.15, -0.1) is 0 Å². The molecule has 22 heavy (non-hydrogen) atoms. The molecular formula is C19H23ClN2. The number of nitrogens with zero attached hydrogens (tertiary/aromatic N) is 2. The van der Waals surface area contributed by atoms with Gasteiger partial charge >= 0.3 is 0 Å². The van der Waals surface area contributed by atoms with Crippen molar-refractivity contribution < 1.29 is 0 Å². The van der Waals surface area contributed by atoms with Crippen molar-refractivity contribution >= 4 is 17.3 Å². The molecule has 0 amide bonds. The molecule has 3 heteroatoms. The van der Waals surface area contributed by atoms with E-state index in [0.29, 0.717) is 0 Å². The first-order valence-corrected chi connectivity index (χ1v) is 8.43. The minimum absolute atomic E-state index is 0.853. The van der Waals surface area contributed by atoms with E-state index in [2.05, 4.69) is 53.1 Å². The van der Waals surface area contributed by atoms with Gasteiger partial charge in [0, 0.05) is 32.7 Å². The average molecular weight is 315 g/mol. The minimum atomic E-state index is 0.853. The van der Waals surface area contributed by atoms with Crippen molar-refractivity contribution in [1.82, 2.24) is 4.90 Å². The van der Waals surface area contributed by atoms with Gasteiger partial charge in [-0.2, -0.15) is 0 Å². The smallest absolute Gasteiger partial charge is 0.0639 e. The number of hydrogen-bond donors (Lipinski definition) is 0. The molecule has 1 aliphatic heterocycles. The summed E-state index contributed by atoms with van der Waals surface area (Å²) in [6.07, 6.45) is 1.11. The summed E-state index contributed by atoms with van der Waals surface area (Å²) in [4.78, 5) is 4.91. The van der Waals surface area contributed by atoms with Crippen LogP contribution in [0.15, 0.2) is 48.5 Å². The van der Waals surface area contributed by atoms with E-state index >= 15 is 0 Å². The number of halogens is 1. The zero-order valence-corrected chi connectivity index (χ0v) is 13.9.